The second kappa shape index (κ2) is 6.06. The van der Waals surface area contributed by atoms with Gasteiger partial charge >= 0.3 is 5.97 Å². The molecule has 0 aromatic heterocycles. The highest BCUT2D eigenvalue weighted by atomic mass is 32.2. The summed E-state index contributed by atoms with van der Waals surface area (Å²) in [6.45, 7) is 3.57. The number of esters is 1. The van der Waals surface area contributed by atoms with E-state index in [0.29, 0.717) is 0 Å². The van der Waals surface area contributed by atoms with Crippen LogP contribution in [0.4, 0.5) is 0 Å². The first kappa shape index (κ1) is 16.9. The lowest BCUT2D eigenvalue weighted by atomic mass is 10.0. The highest BCUT2D eigenvalue weighted by Crippen LogP contribution is 2.23. The molecule has 1 rings (SSSR count). The van der Waals surface area contributed by atoms with E-state index in [1.807, 2.05) is 0 Å². The summed E-state index contributed by atoms with van der Waals surface area (Å²) in [4.78, 5) is 22.9. The first-order valence-corrected chi connectivity index (χ1v) is 7.63. The summed E-state index contributed by atoms with van der Waals surface area (Å²) in [5, 5.41) is 2.63. The van der Waals surface area contributed by atoms with Crippen molar-refractivity contribution in [2.24, 2.45) is 0 Å². The Labute approximate surface area is 119 Å². The number of nitrogens with one attached hydrogen (secondary N) is 1. The van der Waals surface area contributed by atoms with Crippen LogP contribution >= 0.6 is 0 Å². The molecule has 1 aliphatic rings. The number of methoxy groups -OCH3 is 1. The molecule has 1 aliphatic heterocycles. The summed E-state index contributed by atoms with van der Waals surface area (Å²) in [7, 11) is -1.19. The van der Waals surface area contributed by atoms with Gasteiger partial charge in [-0.25, -0.2) is 0 Å². The van der Waals surface area contributed by atoms with E-state index in [1.54, 1.807) is 13.8 Å². The standard InChI is InChI=1S/C11H21N3O5S/c1-11(2)10(16)12-6-8-14(11)20(17,18)13(3)7-5-9(15)19-4/h5-8H2,1-4H3,(H,12,16). The molecule has 0 aromatic carbocycles. The molecule has 1 saturated heterocycles. The van der Waals surface area contributed by atoms with Gasteiger partial charge < -0.3 is 10.1 Å². The van der Waals surface area contributed by atoms with E-state index in [9.17, 15) is 18.0 Å². The van der Waals surface area contributed by atoms with Gasteiger partial charge in [-0.3, -0.25) is 9.59 Å². The van der Waals surface area contributed by atoms with Gasteiger partial charge in [0.1, 0.15) is 5.54 Å². The fraction of sp³-hybridized carbons (Fsp3) is 0.818. The van der Waals surface area contributed by atoms with Crippen molar-refractivity contribution in [3.05, 3.63) is 0 Å². The van der Waals surface area contributed by atoms with E-state index in [0.717, 1.165) is 8.61 Å². The van der Waals surface area contributed by atoms with Crippen LogP contribution in [0.3, 0.4) is 0 Å². The number of nitrogens with zero attached hydrogens (tertiary/aromatic N) is 2. The van der Waals surface area contributed by atoms with Crippen LogP contribution in [0.15, 0.2) is 0 Å². The van der Waals surface area contributed by atoms with Gasteiger partial charge in [-0.1, -0.05) is 0 Å². The molecule has 1 fully saturated rings. The zero-order valence-corrected chi connectivity index (χ0v) is 13.0. The third-order valence-corrected chi connectivity index (χ3v) is 5.48. The van der Waals surface area contributed by atoms with Crippen LogP contribution in [0.25, 0.3) is 0 Å². The van der Waals surface area contributed by atoms with E-state index in [2.05, 4.69) is 10.1 Å². The van der Waals surface area contributed by atoms with Crippen LogP contribution in [-0.2, 0) is 24.5 Å². The Morgan fingerprint density at radius 1 is 1.50 bits per heavy atom. The predicted octanol–water partition coefficient (Wildman–Crippen LogP) is -1.06. The fourth-order valence-corrected chi connectivity index (χ4v) is 3.56. The summed E-state index contributed by atoms with van der Waals surface area (Å²) in [6.07, 6.45) is -0.0350. The molecule has 0 radical (unpaired) electrons. The molecule has 0 aromatic rings. The smallest absolute Gasteiger partial charge is 0.306 e. The molecule has 9 heteroatoms. The van der Waals surface area contributed by atoms with Crippen molar-refractivity contribution in [2.75, 3.05) is 33.8 Å². The van der Waals surface area contributed by atoms with Crippen LogP contribution in [0.1, 0.15) is 20.3 Å². The minimum atomic E-state index is -3.81. The third kappa shape index (κ3) is 3.28. The lowest BCUT2D eigenvalue weighted by Gasteiger charge is -2.41. The average molecular weight is 307 g/mol. The number of carbonyl (C=O) groups is 2. The summed E-state index contributed by atoms with van der Waals surface area (Å²) in [5.41, 5.74) is -1.16. The SMILES string of the molecule is COC(=O)CCN(C)S(=O)(=O)N1CCNC(=O)C1(C)C. The predicted molar refractivity (Wildman–Crippen MR) is 72.0 cm³/mol. The Morgan fingerprint density at radius 3 is 2.65 bits per heavy atom. The topological polar surface area (TPSA) is 96.0 Å². The Hall–Kier alpha value is -1.19. The molecule has 0 spiro atoms. The number of hydrogen-bond acceptors (Lipinski definition) is 5. The molecule has 0 unspecified atom stereocenters. The van der Waals surface area contributed by atoms with Crippen molar-refractivity contribution in [1.82, 2.24) is 13.9 Å². The minimum Gasteiger partial charge on any atom is -0.469 e. The van der Waals surface area contributed by atoms with Crippen molar-refractivity contribution >= 4 is 22.1 Å². The summed E-state index contributed by atoms with van der Waals surface area (Å²) in [6, 6.07) is 0. The van der Waals surface area contributed by atoms with Gasteiger partial charge in [-0.15, -0.1) is 0 Å². The molecule has 1 heterocycles. The zero-order chi connectivity index (χ0) is 15.6. The van der Waals surface area contributed by atoms with Gasteiger partial charge in [-0.2, -0.15) is 17.0 Å². The number of amides is 1. The molecule has 1 amide bonds. The van der Waals surface area contributed by atoms with Gasteiger partial charge in [0.05, 0.1) is 13.5 Å². The third-order valence-electron chi connectivity index (χ3n) is 3.31. The molecule has 0 aliphatic carbocycles. The van der Waals surface area contributed by atoms with Crippen LogP contribution in [-0.4, -0.2) is 68.2 Å². The van der Waals surface area contributed by atoms with Crippen molar-refractivity contribution in [3.8, 4) is 0 Å². The Morgan fingerprint density at radius 2 is 2.10 bits per heavy atom. The quantitative estimate of drug-likeness (QED) is 0.653. The molecule has 20 heavy (non-hydrogen) atoms. The Kier molecular flexibility index (Phi) is 5.11. The summed E-state index contributed by atoms with van der Waals surface area (Å²) in [5.74, 6) is -0.823. The van der Waals surface area contributed by atoms with E-state index in [-0.39, 0.29) is 32.0 Å². The second-order valence-electron chi connectivity index (χ2n) is 5.04. The monoisotopic (exact) mass is 307 g/mol. The lowest BCUT2D eigenvalue weighted by molar-refractivity contribution is -0.140. The number of carbonyl (C=O) groups excluding carboxylic acids is 2. The van der Waals surface area contributed by atoms with Gasteiger partial charge in [0.15, 0.2) is 0 Å². The average Bonchev–Trinajstić information content (AvgIpc) is 2.38. The molecule has 116 valence electrons. The minimum absolute atomic E-state index is 0.00318. The number of hydrogen-bond donors (Lipinski definition) is 1. The highest BCUT2D eigenvalue weighted by Gasteiger charge is 2.45. The van der Waals surface area contributed by atoms with Crippen molar-refractivity contribution in [1.29, 1.82) is 0 Å². The normalized spacial score (nSPS) is 19.8. The maximum absolute atomic E-state index is 12.5. The maximum Gasteiger partial charge on any atom is 0.306 e. The molecular weight excluding hydrogens is 286 g/mol. The van der Waals surface area contributed by atoms with Crippen LogP contribution < -0.4 is 5.32 Å². The lowest BCUT2D eigenvalue weighted by Crippen LogP contribution is -2.65. The molecular formula is C11H21N3O5S. The summed E-state index contributed by atoms with van der Waals surface area (Å²) >= 11 is 0. The molecule has 0 saturated carbocycles. The highest BCUT2D eigenvalue weighted by molar-refractivity contribution is 7.86. The van der Waals surface area contributed by atoms with Crippen molar-refractivity contribution < 1.29 is 22.7 Å². The van der Waals surface area contributed by atoms with E-state index >= 15 is 0 Å². The molecule has 0 bridgehead atoms. The number of rotatable bonds is 5. The zero-order valence-electron chi connectivity index (χ0n) is 12.2. The van der Waals surface area contributed by atoms with Crippen LogP contribution in [0.5, 0.6) is 0 Å². The first-order chi connectivity index (χ1) is 9.14. The fourth-order valence-electron chi connectivity index (χ4n) is 1.92. The Balaban J connectivity index is 2.86. The van der Waals surface area contributed by atoms with Crippen molar-refractivity contribution in [3.63, 3.8) is 0 Å². The molecule has 8 nitrogen and oxygen atoms in total. The van der Waals surface area contributed by atoms with Gasteiger partial charge in [-0.05, 0) is 13.8 Å². The molecule has 1 N–H and O–H groups in total. The van der Waals surface area contributed by atoms with Crippen molar-refractivity contribution in [2.45, 2.75) is 25.8 Å². The Bertz CT molecular complexity index is 488. The number of piperazine rings is 1. The largest absolute Gasteiger partial charge is 0.469 e. The number of ether oxygens (including phenoxy) is 1. The summed E-state index contributed by atoms with van der Waals surface area (Å²) < 4.78 is 31.6. The van der Waals surface area contributed by atoms with E-state index in [4.69, 9.17) is 0 Å². The second-order valence-corrected chi connectivity index (χ2v) is 7.00. The first-order valence-electron chi connectivity index (χ1n) is 6.23. The van der Waals surface area contributed by atoms with Crippen LogP contribution in [0, 0.1) is 0 Å². The van der Waals surface area contributed by atoms with E-state index in [1.165, 1.54) is 14.2 Å². The van der Waals surface area contributed by atoms with Gasteiger partial charge in [0.25, 0.3) is 10.2 Å². The van der Waals surface area contributed by atoms with Crippen LogP contribution in [0.2, 0.25) is 0 Å². The van der Waals surface area contributed by atoms with Gasteiger partial charge in [0.2, 0.25) is 5.91 Å². The van der Waals surface area contributed by atoms with Gasteiger partial charge in [0, 0.05) is 26.7 Å². The molecule has 0 atom stereocenters. The van der Waals surface area contributed by atoms with E-state index < -0.39 is 21.7 Å². The maximum atomic E-state index is 12.5.